The summed E-state index contributed by atoms with van der Waals surface area (Å²) < 4.78 is 11.2. The van der Waals surface area contributed by atoms with Gasteiger partial charge in [-0.05, 0) is 18.6 Å². The van der Waals surface area contributed by atoms with Gasteiger partial charge in [-0.15, -0.1) is 0 Å². The average Bonchev–Trinajstić information content (AvgIpc) is 2.72. The minimum absolute atomic E-state index is 0.0528. The molecule has 0 unspecified atom stereocenters. The summed E-state index contributed by atoms with van der Waals surface area (Å²) in [5, 5.41) is 0. The zero-order valence-corrected chi connectivity index (χ0v) is 8.48. The summed E-state index contributed by atoms with van der Waals surface area (Å²) in [5.41, 5.74) is 7.52. The fourth-order valence-electron chi connectivity index (χ4n) is 2.21. The first kappa shape index (κ1) is 9.12. The van der Waals surface area contributed by atoms with Crippen molar-refractivity contribution in [3.63, 3.8) is 0 Å². The van der Waals surface area contributed by atoms with Crippen LogP contribution in [-0.2, 0) is 17.7 Å². The SMILES string of the molecule is NCc1ccc2c(n1)C[C@H]1CCO[C@H]1O2. The molecule has 1 saturated heterocycles. The number of hydrogen-bond acceptors (Lipinski definition) is 4. The number of fused-ring (bicyclic) bond motifs is 2. The van der Waals surface area contributed by atoms with E-state index in [9.17, 15) is 0 Å². The number of rotatable bonds is 1. The van der Waals surface area contributed by atoms with Crippen molar-refractivity contribution in [3.05, 3.63) is 23.5 Å². The number of hydrogen-bond donors (Lipinski definition) is 1. The van der Waals surface area contributed by atoms with E-state index in [2.05, 4.69) is 4.98 Å². The van der Waals surface area contributed by atoms with Crippen molar-refractivity contribution in [2.45, 2.75) is 25.7 Å². The molecule has 80 valence electrons. The molecule has 1 fully saturated rings. The van der Waals surface area contributed by atoms with Gasteiger partial charge in [-0.2, -0.15) is 0 Å². The maximum Gasteiger partial charge on any atom is 0.203 e. The van der Waals surface area contributed by atoms with E-state index in [-0.39, 0.29) is 6.29 Å². The molecule has 0 saturated carbocycles. The Hall–Kier alpha value is -1.13. The topological polar surface area (TPSA) is 57.4 Å². The molecule has 1 aromatic rings. The van der Waals surface area contributed by atoms with Gasteiger partial charge in [0.1, 0.15) is 5.75 Å². The third kappa shape index (κ3) is 1.50. The number of nitrogens with two attached hydrogens (primary N) is 1. The van der Waals surface area contributed by atoms with Gasteiger partial charge in [0, 0.05) is 18.9 Å². The molecule has 2 aliphatic heterocycles. The molecule has 0 amide bonds. The number of ether oxygens (including phenoxy) is 2. The van der Waals surface area contributed by atoms with Gasteiger partial charge in [0.15, 0.2) is 0 Å². The van der Waals surface area contributed by atoms with Crippen LogP contribution in [0.1, 0.15) is 17.8 Å². The Morgan fingerprint density at radius 3 is 3.27 bits per heavy atom. The Kier molecular flexibility index (Phi) is 2.11. The molecule has 2 atom stereocenters. The van der Waals surface area contributed by atoms with Crippen LogP contribution in [0.5, 0.6) is 5.75 Å². The molecule has 0 radical (unpaired) electrons. The standard InChI is InChI=1S/C11H14N2O2/c12-6-8-1-2-10-9(13-8)5-7-3-4-14-11(7)15-10/h1-2,7,11H,3-6,12H2/t7-,11+/m1/s1. The maximum absolute atomic E-state index is 5.73. The second-order valence-corrected chi connectivity index (χ2v) is 4.06. The second-order valence-electron chi connectivity index (χ2n) is 4.06. The van der Waals surface area contributed by atoms with E-state index < -0.39 is 0 Å². The maximum atomic E-state index is 5.73. The van der Waals surface area contributed by atoms with E-state index in [1.807, 2.05) is 12.1 Å². The van der Waals surface area contributed by atoms with Crippen LogP contribution in [-0.4, -0.2) is 17.9 Å². The third-order valence-corrected chi connectivity index (χ3v) is 3.05. The van der Waals surface area contributed by atoms with E-state index in [1.165, 1.54) is 0 Å². The van der Waals surface area contributed by atoms with Crippen LogP contribution in [0.15, 0.2) is 12.1 Å². The van der Waals surface area contributed by atoms with E-state index in [0.29, 0.717) is 12.5 Å². The molecule has 0 bridgehead atoms. The largest absolute Gasteiger partial charge is 0.463 e. The Morgan fingerprint density at radius 2 is 2.40 bits per heavy atom. The van der Waals surface area contributed by atoms with E-state index in [1.54, 1.807) is 0 Å². The highest BCUT2D eigenvalue weighted by Crippen LogP contribution is 2.35. The summed E-state index contributed by atoms with van der Waals surface area (Å²) in [5.74, 6) is 1.33. The van der Waals surface area contributed by atoms with Crippen LogP contribution in [0.3, 0.4) is 0 Å². The minimum atomic E-state index is -0.0528. The van der Waals surface area contributed by atoms with Gasteiger partial charge in [0.05, 0.1) is 18.0 Å². The number of nitrogens with zero attached hydrogens (tertiary/aromatic N) is 1. The molecule has 2 N–H and O–H groups in total. The van der Waals surface area contributed by atoms with Gasteiger partial charge in [0.25, 0.3) is 0 Å². The van der Waals surface area contributed by atoms with Crippen LogP contribution in [0.2, 0.25) is 0 Å². The first-order valence-corrected chi connectivity index (χ1v) is 5.34. The Bertz CT molecular complexity index is 381. The zero-order chi connectivity index (χ0) is 10.3. The third-order valence-electron chi connectivity index (χ3n) is 3.05. The summed E-state index contributed by atoms with van der Waals surface area (Å²) in [4.78, 5) is 4.49. The van der Waals surface area contributed by atoms with Gasteiger partial charge >= 0.3 is 0 Å². The van der Waals surface area contributed by atoms with Crippen LogP contribution < -0.4 is 10.5 Å². The molecule has 0 spiro atoms. The van der Waals surface area contributed by atoms with Crippen molar-refractivity contribution in [2.75, 3.05) is 6.61 Å². The van der Waals surface area contributed by atoms with Crippen LogP contribution in [0.25, 0.3) is 0 Å². The summed E-state index contributed by atoms with van der Waals surface area (Å²) in [6.07, 6.45) is 1.97. The first-order chi connectivity index (χ1) is 7.36. The Balaban J connectivity index is 1.93. The highest BCUT2D eigenvalue weighted by Gasteiger charge is 2.35. The van der Waals surface area contributed by atoms with Gasteiger partial charge in [-0.3, -0.25) is 4.98 Å². The van der Waals surface area contributed by atoms with Crippen molar-refractivity contribution < 1.29 is 9.47 Å². The van der Waals surface area contributed by atoms with E-state index >= 15 is 0 Å². The highest BCUT2D eigenvalue weighted by atomic mass is 16.7. The molecule has 15 heavy (non-hydrogen) atoms. The van der Waals surface area contributed by atoms with Crippen molar-refractivity contribution in [1.82, 2.24) is 4.98 Å². The van der Waals surface area contributed by atoms with E-state index in [0.717, 1.165) is 36.6 Å². The molecule has 0 aromatic carbocycles. The lowest BCUT2D eigenvalue weighted by Gasteiger charge is -2.26. The van der Waals surface area contributed by atoms with Gasteiger partial charge in [-0.25, -0.2) is 0 Å². The predicted molar refractivity (Wildman–Crippen MR) is 54.3 cm³/mol. The van der Waals surface area contributed by atoms with Crippen molar-refractivity contribution in [3.8, 4) is 5.75 Å². The molecule has 3 heterocycles. The van der Waals surface area contributed by atoms with Crippen LogP contribution >= 0.6 is 0 Å². The quantitative estimate of drug-likeness (QED) is 0.739. The molecule has 3 rings (SSSR count). The molecular weight excluding hydrogens is 192 g/mol. The van der Waals surface area contributed by atoms with Crippen LogP contribution in [0.4, 0.5) is 0 Å². The number of aromatic nitrogens is 1. The molecule has 0 aliphatic carbocycles. The minimum Gasteiger partial charge on any atom is -0.463 e. The summed E-state index contributed by atoms with van der Waals surface area (Å²) >= 11 is 0. The molecule has 2 aliphatic rings. The monoisotopic (exact) mass is 206 g/mol. The van der Waals surface area contributed by atoms with Crippen molar-refractivity contribution in [1.29, 1.82) is 0 Å². The van der Waals surface area contributed by atoms with Gasteiger partial charge in [0.2, 0.25) is 6.29 Å². The lowest BCUT2D eigenvalue weighted by molar-refractivity contribution is -0.0706. The smallest absolute Gasteiger partial charge is 0.203 e. The fraction of sp³-hybridized carbons (Fsp3) is 0.545. The van der Waals surface area contributed by atoms with E-state index in [4.69, 9.17) is 15.2 Å². The lowest BCUT2D eigenvalue weighted by Crippen LogP contribution is -2.30. The fourth-order valence-corrected chi connectivity index (χ4v) is 2.21. The molecule has 1 aromatic heterocycles. The van der Waals surface area contributed by atoms with Crippen LogP contribution in [0, 0.1) is 5.92 Å². The Labute approximate surface area is 88.4 Å². The molecule has 4 nitrogen and oxygen atoms in total. The van der Waals surface area contributed by atoms with Gasteiger partial charge in [-0.1, -0.05) is 0 Å². The highest BCUT2D eigenvalue weighted by molar-refractivity contribution is 5.32. The zero-order valence-electron chi connectivity index (χ0n) is 8.48. The lowest BCUT2D eigenvalue weighted by atomic mass is 9.98. The summed E-state index contributed by atoms with van der Waals surface area (Å²) in [6.45, 7) is 1.28. The van der Waals surface area contributed by atoms with Crippen molar-refractivity contribution >= 4 is 0 Å². The second kappa shape index (κ2) is 3.47. The number of pyridine rings is 1. The normalized spacial score (nSPS) is 28.1. The summed E-state index contributed by atoms with van der Waals surface area (Å²) in [7, 11) is 0. The summed E-state index contributed by atoms with van der Waals surface area (Å²) in [6, 6.07) is 3.86. The first-order valence-electron chi connectivity index (χ1n) is 5.34. The average molecular weight is 206 g/mol. The predicted octanol–water partition coefficient (Wildman–Crippen LogP) is 0.838. The molecule has 4 heteroatoms. The Morgan fingerprint density at radius 1 is 1.47 bits per heavy atom. The van der Waals surface area contributed by atoms with Gasteiger partial charge < -0.3 is 15.2 Å². The molecular formula is C11H14N2O2. The van der Waals surface area contributed by atoms with Crippen molar-refractivity contribution in [2.24, 2.45) is 11.7 Å².